The van der Waals surface area contributed by atoms with Crippen molar-refractivity contribution in [3.8, 4) is 5.75 Å². The molecule has 1 atom stereocenters. The van der Waals surface area contributed by atoms with Gasteiger partial charge in [0.25, 0.3) is 0 Å². The van der Waals surface area contributed by atoms with Crippen molar-refractivity contribution >= 4 is 27.8 Å². The highest BCUT2D eigenvalue weighted by Gasteiger charge is 2.27. The fourth-order valence-corrected chi connectivity index (χ4v) is 2.71. The summed E-state index contributed by atoms with van der Waals surface area (Å²) in [7, 11) is 1.61. The Morgan fingerprint density at radius 1 is 1.53 bits per heavy atom. The second kappa shape index (κ2) is 4.65. The lowest BCUT2D eigenvalue weighted by Crippen LogP contribution is -2.29. The van der Waals surface area contributed by atoms with E-state index < -0.39 is 0 Å². The van der Waals surface area contributed by atoms with Gasteiger partial charge in [-0.25, -0.2) is 4.68 Å². The normalized spacial score (nSPS) is 17.8. The number of benzene rings is 1. The highest BCUT2D eigenvalue weighted by Crippen LogP contribution is 2.33. The smallest absolute Gasteiger partial charge is 0.229 e. The summed E-state index contributed by atoms with van der Waals surface area (Å²) < 4.78 is 7.77. The molecule has 0 saturated heterocycles. The summed E-state index contributed by atoms with van der Waals surface area (Å²) >= 11 is 3.45. The molecule has 3 rings (SSSR count). The van der Waals surface area contributed by atoms with E-state index in [2.05, 4.69) is 31.3 Å². The van der Waals surface area contributed by atoms with E-state index in [9.17, 15) is 4.79 Å². The Bertz CT molecular complexity index is 640. The van der Waals surface area contributed by atoms with Gasteiger partial charge in [0.1, 0.15) is 12.1 Å². The van der Waals surface area contributed by atoms with Crippen LogP contribution in [0.3, 0.4) is 0 Å². The van der Waals surface area contributed by atoms with Gasteiger partial charge in [0, 0.05) is 0 Å². The molecule has 7 heteroatoms. The van der Waals surface area contributed by atoms with Crippen LogP contribution in [0.15, 0.2) is 29.0 Å². The van der Waals surface area contributed by atoms with Crippen molar-refractivity contribution in [3.05, 3.63) is 34.6 Å². The first-order valence-electron chi connectivity index (χ1n) is 5.72. The monoisotopic (exact) mass is 322 g/mol. The molecule has 1 amide bonds. The van der Waals surface area contributed by atoms with Crippen LogP contribution >= 0.6 is 15.9 Å². The van der Waals surface area contributed by atoms with E-state index in [0.29, 0.717) is 12.4 Å². The number of halogens is 1. The maximum absolute atomic E-state index is 11.7. The summed E-state index contributed by atoms with van der Waals surface area (Å²) in [5, 5.41) is 6.86. The first kappa shape index (κ1) is 12.2. The SMILES string of the molecule is COc1ccc([C@H]2CC(=O)Nc3ncnn32)cc1Br. The number of rotatable bonds is 2. The molecule has 1 aliphatic heterocycles. The molecule has 0 saturated carbocycles. The highest BCUT2D eigenvalue weighted by atomic mass is 79.9. The predicted octanol–water partition coefficient (Wildman–Crippen LogP) is 1.98. The lowest BCUT2D eigenvalue weighted by Gasteiger charge is -2.24. The number of hydrogen-bond donors (Lipinski definition) is 1. The molecular weight excluding hydrogens is 312 g/mol. The summed E-state index contributed by atoms with van der Waals surface area (Å²) in [6.07, 6.45) is 1.78. The van der Waals surface area contributed by atoms with E-state index in [1.165, 1.54) is 6.33 Å². The van der Waals surface area contributed by atoms with Gasteiger partial charge in [-0.05, 0) is 33.6 Å². The lowest BCUT2D eigenvalue weighted by atomic mass is 10.0. The molecule has 1 aromatic carbocycles. The zero-order chi connectivity index (χ0) is 13.4. The van der Waals surface area contributed by atoms with Gasteiger partial charge in [0.15, 0.2) is 0 Å². The van der Waals surface area contributed by atoms with Crippen molar-refractivity contribution in [1.82, 2.24) is 14.8 Å². The number of ether oxygens (including phenoxy) is 1. The molecule has 2 heterocycles. The highest BCUT2D eigenvalue weighted by molar-refractivity contribution is 9.10. The van der Waals surface area contributed by atoms with Crippen molar-refractivity contribution in [1.29, 1.82) is 0 Å². The van der Waals surface area contributed by atoms with Crippen molar-refractivity contribution in [2.45, 2.75) is 12.5 Å². The minimum atomic E-state index is -0.145. The Morgan fingerprint density at radius 3 is 3.11 bits per heavy atom. The van der Waals surface area contributed by atoms with Gasteiger partial charge in [-0.2, -0.15) is 10.1 Å². The Balaban J connectivity index is 2.03. The molecule has 6 nitrogen and oxygen atoms in total. The van der Waals surface area contributed by atoms with Crippen LogP contribution in [-0.4, -0.2) is 27.8 Å². The fourth-order valence-electron chi connectivity index (χ4n) is 2.15. The molecule has 98 valence electrons. The van der Waals surface area contributed by atoms with Crippen molar-refractivity contribution in [2.24, 2.45) is 0 Å². The average molecular weight is 323 g/mol. The number of nitrogens with one attached hydrogen (secondary N) is 1. The van der Waals surface area contributed by atoms with Crippen LogP contribution in [0.4, 0.5) is 5.95 Å². The summed E-state index contributed by atoms with van der Waals surface area (Å²) in [6, 6.07) is 5.59. The zero-order valence-corrected chi connectivity index (χ0v) is 11.7. The third-order valence-electron chi connectivity index (χ3n) is 3.06. The molecule has 2 aromatic rings. The van der Waals surface area contributed by atoms with Crippen LogP contribution in [0.5, 0.6) is 5.75 Å². The van der Waals surface area contributed by atoms with E-state index in [4.69, 9.17) is 4.74 Å². The maximum Gasteiger partial charge on any atom is 0.229 e. The summed E-state index contributed by atoms with van der Waals surface area (Å²) in [4.78, 5) is 15.7. The van der Waals surface area contributed by atoms with Gasteiger partial charge in [0.2, 0.25) is 11.9 Å². The Hall–Kier alpha value is -1.89. The number of fused-ring (bicyclic) bond motifs is 1. The molecule has 1 aromatic heterocycles. The quantitative estimate of drug-likeness (QED) is 0.917. The zero-order valence-electron chi connectivity index (χ0n) is 10.1. The van der Waals surface area contributed by atoms with Gasteiger partial charge in [-0.15, -0.1) is 0 Å². The molecule has 0 aliphatic carbocycles. The minimum absolute atomic E-state index is 0.0579. The Labute approximate surface area is 117 Å². The first-order chi connectivity index (χ1) is 9.19. The van der Waals surface area contributed by atoms with Crippen LogP contribution in [0, 0.1) is 0 Å². The maximum atomic E-state index is 11.7. The van der Waals surface area contributed by atoms with Crippen molar-refractivity contribution in [2.75, 3.05) is 12.4 Å². The third-order valence-corrected chi connectivity index (χ3v) is 3.68. The Morgan fingerprint density at radius 2 is 2.37 bits per heavy atom. The van der Waals surface area contributed by atoms with Crippen molar-refractivity contribution in [3.63, 3.8) is 0 Å². The van der Waals surface area contributed by atoms with Crippen LogP contribution in [0.25, 0.3) is 0 Å². The summed E-state index contributed by atoms with van der Waals surface area (Å²) in [5.41, 5.74) is 0.981. The second-order valence-corrected chi connectivity index (χ2v) is 5.04. The number of aromatic nitrogens is 3. The van der Waals surface area contributed by atoms with Gasteiger partial charge in [-0.1, -0.05) is 6.07 Å². The van der Waals surface area contributed by atoms with E-state index in [1.807, 2.05) is 18.2 Å². The largest absolute Gasteiger partial charge is 0.496 e. The van der Waals surface area contributed by atoms with E-state index in [-0.39, 0.29) is 11.9 Å². The van der Waals surface area contributed by atoms with E-state index in [0.717, 1.165) is 15.8 Å². The first-order valence-corrected chi connectivity index (χ1v) is 6.51. The van der Waals surface area contributed by atoms with E-state index >= 15 is 0 Å². The number of carbonyl (C=O) groups is 1. The van der Waals surface area contributed by atoms with Crippen molar-refractivity contribution < 1.29 is 9.53 Å². The minimum Gasteiger partial charge on any atom is -0.496 e. The second-order valence-electron chi connectivity index (χ2n) is 4.19. The van der Waals surface area contributed by atoms with E-state index in [1.54, 1.807) is 11.8 Å². The average Bonchev–Trinajstić information content (AvgIpc) is 2.85. The number of anilines is 1. The third kappa shape index (κ3) is 2.10. The molecule has 0 radical (unpaired) electrons. The number of hydrogen-bond acceptors (Lipinski definition) is 4. The van der Waals surface area contributed by atoms with Gasteiger partial charge < -0.3 is 4.74 Å². The summed E-state index contributed by atoms with van der Waals surface area (Å²) in [6.45, 7) is 0. The molecule has 0 fully saturated rings. The molecule has 0 unspecified atom stereocenters. The molecule has 19 heavy (non-hydrogen) atoms. The number of carbonyl (C=O) groups excluding carboxylic acids is 1. The summed E-state index contributed by atoms with van der Waals surface area (Å²) in [5.74, 6) is 1.17. The molecule has 1 aliphatic rings. The van der Waals surface area contributed by atoms with Gasteiger partial charge in [0.05, 0.1) is 24.0 Å². The number of nitrogens with zero attached hydrogens (tertiary/aromatic N) is 3. The van der Waals surface area contributed by atoms with Crippen LogP contribution < -0.4 is 10.1 Å². The molecule has 0 spiro atoms. The number of amides is 1. The van der Waals surface area contributed by atoms with Crippen LogP contribution in [0.2, 0.25) is 0 Å². The number of methoxy groups -OCH3 is 1. The van der Waals surface area contributed by atoms with Crippen LogP contribution in [0.1, 0.15) is 18.0 Å². The standard InChI is InChI=1S/C12H11BrN4O2/c1-19-10-3-2-7(4-8(10)13)9-5-11(18)16-12-14-6-15-17(9)12/h2-4,6,9H,5H2,1H3,(H,14,15,16,18)/t9-/m1/s1. The molecule has 1 N–H and O–H groups in total. The molecular formula is C12H11BrN4O2. The molecule has 0 bridgehead atoms. The van der Waals surface area contributed by atoms with Gasteiger partial charge in [-0.3, -0.25) is 10.1 Å². The van der Waals surface area contributed by atoms with Crippen LogP contribution in [-0.2, 0) is 4.79 Å². The fraction of sp³-hybridized carbons (Fsp3) is 0.250. The predicted molar refractivity (Wildman–Crippen MR) is 72.1 cm³/mol. The lowest BCUT2D eigenvalue weighted by molar-refractivity contribution is -0.117. The topological polar surface area (TPSA) is 69.0 Å². The Kier molecular flexibility index (Phi) is 2.98. The van der Waals surface area contributed by atoms with Gasteiger partial charge >= 0.3 is 0 Å².